The van der Waals surface area contributed by atoms with Crippen LogP contribution in [0.1, 0.15) is 43.1 Å². The Bertz CT molecular complexity index is 674. The smallest absolute Gasteiger partial charge is 0.272 e. The molecule has 1 amide bonds. The lowest BCUT2D eigenvalue weighted by Gasteiger charge is -2.09. The van der Waals surface area contributed by atoms with Crippen molar-refractivity contribution in [3.8, 4) is 11.3 Å². The summed E-state index contributed by atoms with van der Waals surface area (Å²) >= 11 is 0. The SMILES string of the molecule is CCn1nc(C(=O)NC2CCCC2)cc1-c1cccc(F)c1. The Morgan fingerprint density at radius 2 is 2.14 bits per heavy atom. The van der Waals surface area contributed by atoms with Gasteiger partial charge in [-0.3, -0.25) is 9.48 Å². The minimum Gasteiger partial charge on any atom is -0.348 e. The summed E-state index contributed by atoms with van der Waals surface area (Å²) in [4.78, 5) is 12.3. The molecule has 4 nitrogen and oxygen atoms in total. The number of carbonyl (C=O) groups excluding carboxylic acids is 1. The highest BCUT2D eigenvalue weighted by Gasteiger charge is 2.21. The standard InChI is InChI=1S/C17H20FN3O/c1-2-21-16(12-6-5-7-13(18)10-12)11-15(20-21)17(22)19-14-8-3-4-9-14/h5-7,10-11,14H,2-4,8-9H2,1H3,(H,19,22). The van der Waals surface area contributed by atoms with Crippen molar-refractivity contribution in [3.63, 3.8) is 0 Å². The fourth-order valence-electron chi connectivity index (χ4n) is 2.98. The van der Waals surface area contributed by atoms with Crippen LogP contribution in [0.5, 0.6) is 0 Å². The van der Waals surface area contributed by atoms with E-state index < -0.39 is 0 Å². The van der Waals surface area contributed by atoms with E-state index in [4.69, 9.17) is 0 Å². The molecule has 3 rings (SSSR count). The van der Waals surface area contributed by atoms with Crippen molar-refractivity contribution in [1.82, 2.24) is 15.1 Å². The second-order valence-electron chi connectivity index (χ2n) is 5.70. The molecule has 0 bridgehead atoms. The molecule has 22 heavy (non-hydrogen) atoms. The molecule has 1 aromatic heterocycles. The number of aromatic nitrogens is 2. The Kier molecular flexibility index (Phi) is 4.22. The second kappa shape index (κ2) is 6.30. The van der Waals surface area contributed by atoms with Gasteiger partial charge in [0.1, 0.15) is 5.82 Å². The van der Waals surface area contributed by atoms with Crippen molar-refractivity contribution in [2.24, 2.45) is 0 Å². The van der Waals surface area contributed by atoms with Gasteiger partial charge < -0.3 is 5.32 Å². The van der Waals surface area contributed by atoms with E-state index in [0.29, 0.717) is 12.2 Å². The maximum absolute atomic E-state index is 13.4. The molecule has 5 heteroatoms. The van der Waals surface area contributed by atoms with Gasteiger partial charge in [-0.2, -0.15) is 5.10 Å². The van der Waals surface area contributed by atoms with Crippen molar-refractivity contribution < 1.29 is 9.18 Å². The van der Waals surface area contributed by atoms with Gasteiger partial charge in [-0.1, -0.05) is 25.0 Å². The highest BCUT2D eigenvalue weighted by molar-refractivity contribution is 5.93. The first kappa shape index (κ1) is 14.8. The van der Waals surface area contributed by atoms with Gasteiger partial charge in [-0.15, -0.1) is 0 Å². The average Bonchev–Trinajstić information content (AvgIpc) is 3.16. The number of nitrogens with zero attached hydrogens (tertiary/aromatic N) is 2. The van der Waals surface area contributed by atoms with Crippen molar-refractivity contribution in [2.75, 3.05) is 0 Å². The predicted molar refractivity (Wildman–Crippen MR) is 83.0 cm³/mol. The van der Waals surface area contributed by atoms with E-state index >= 15 is 0 Å². The summed E-state index contributed by atoms with van der Waals surface area (Å²) in [5, 5.41) is 7.39. The third-order valence-corrected chi connectivity index (χ3v) is 4.12. The second-order valence-corrected chi connectivity index (χ2v) is 5.70. The number of rotatable bonds is 4. The zero-order chi connectivity index (χ0) is 15.5. The highest BCUT2D eigenvalue weighted by atomic mass is 19.1. The van der Waals surface area contributed by atoms with Gasteiger partial charge >= 0.3 is 0 Å². The number of nitrogens with one attached hydrogen (secondary N) is 1. The van der Waals surface area contributed by atoms with Crippen LogP contribution in [-0.4, -0.2) is 21.7 Å². The summed E-state index contributed by atoms with van der Waals surface area (Å²) in [5.41, 5.74) is 1.89. The van der Waals surface area contributed by atoms with Gasteiger partial charge in [0.05, 0.1) is 5.69 Å². The van der Waals surface area contributed by atoms with Gasteiger partial charge in [0, 0.05) is 18.2 Å². The molecular weight excluding hydrogens is 281 g/mol. The molecule has 1 fully saturated rings. The van der Waals surface area contributed by atoms with Crippen LogP contribution in [0.15, 0.2) is 30.3 Å². The third-order valence-electron chi connectivity index (χ3n) is 4.12. The minimum absolute atomic E-state index is 0.142. The van der Waals surface area contributed by atoms with E-state index in [2.05, 4.69) is 10.4 Å². The number of aryl methyl sites for hydroxylation is 1. The molecule has 1 aliphatic carbocycles. The molecule has 116 valence electrons. The van der Waals surface area contributed by atoms with Crippen molar-refractivity contribution in [3.05, 3.63) is 41.8 Å². The van der Waals surface area contributed by atoms with Crippen LogP contribution in [0.2, 0.25) is 0 Å². The molecule has 1 N–H and O–H groups in total. The lowest BCUT2D eigenvalue weighted by atomic mass is 10.1. The predicted octanol–water partition coefficient (Wildman–Crippen LogP) is 3.38. The maximum atomic E-state index is 13.4. The van der Waals surface area contributed by atoms with Crippen LogP contribution in [0.4, 0.5) is 4.39 Å². The molecule has 2 aromatic rings. The largest absolute Gasteiger partial charge is 0.348 e. The molecule has 0 spiro atoms. The van der Waals surface area contributed by atoms with E-state index in [1.165, 1.54) is 25.0 Å². The molecule has 1 aromatic carbocycles. The van der Waals surface area contributed by atoms with Crippen LogP contribution >= 0.6 is 0 Å². The van der Waals surface area contributed by atoms with Gasteiger partial charge in [0.2, 0.25) is 0 Å². The molecule has 0 radical (unpaired) electrons. The molecule has 0 atom stereocenters. The highest BCUT2D eigenvalue weighted by Crippen LogP contribution is 2.22. The van der Waals surface area contributed by atoms with Gasteiger partial charge in [-0.05, 0) is 38.0 Å². The van der Waals surface area contributed by atoms with Crippen LogP contribution in [0.3, 0.4) is 0 Å². The van der Waals surface area contributed by atoms with Crippen LogP contribution in [0, 0.1) is 5.82 Å². The van der Waals surface area contributed by atoms with E-state index in [9.17, 15) is 9.18 Å². The molecule has 0 aliphatic heterocycles. The number of halogens is 1. The molecular formula is C17H20FN3O. The van der Waals surface area contributed by atoms with E-state index in [-0.39, 0.29) is 17.8 Å². The Balaban J connectivity index is 1.86. The summed E-state index contributed by atoms with van der Waals surface area (Å²) in [6.45, 7) is 2.58. The summed E-state index contributed by atoms with van der Waals surface area (Å²) in [6, 6.07) is 8.35. The average molecular weight is 301 g/mol. The molecule has 1 saturated carbocycles. The van der Waals surface area contributed by atoms with E-state index in [1.807, 2.05) is 13.0 Å². The Morgan fingerprint density at radius 3 is 2.82 bits per heavy atom. The number of benzene rings is 1. The fraction of sp³-hybridized carbons (Fsp3) is 0.412. The molecule has 0 saturated heterocycles. The Labute approximate surface area is 129 Å². The lowest BCUT2D eigenvalue weighted by Crippen LogP contribution is -2.32. The number of carbonyl (C=O) groups is 1. The van der Waals surface area contributed by atoms with Crippen LogP contribution < -0.4 is 5.32 Å². The van der Waals surface area contributed by atoms with Crippen molar-refractivity contribution in [1.29, 1.82) is 0 Å². The van der Waals surface area contributed by atoms with Gasteiger partial charge in [0.25, 0.3) is 5.91 Å². The number of hydrogen-bond donors (Lipinski definition) is 1. The van der Waals surface area contributed by atoms with Gasteiger partial charge in [0.15, 0.2) is 5.69 Å². The number of hydrogen-bond acceptors (Lipinski definition) is 2. The molecule has 1 heterocycles. The fourth-order valence-corrected chi connectivity index (χ4v) is 2.98. The Morgan fingerprint density at radius 1 is 1.36 bits per heavy atom. The lowest BCUT2D eigenvalue weighted by molar-refractivity contribution is 0.0932. The third kappa shape index (κ3) is 3.03. The van der Waals surface area contributed by atoms with Crippen LogP contribution in [0.25, 0.3) is 11.3 Å². The van der Waals surface area contributed by atoms with Gasteiger partial charge in [-0.25, -0.2) is 4.39 Å². The number of amides is 1. The zero-order valence-corrected chi connectivity index (χ0v) is 12.7. The summed E-state index contributed by atoms with van der Waals surface area (Å²) in [7, 11) is 0. The summed E-state index contributed by atoms with van der Waals surface area (Å²) in [5.74, 6) is -0.435. The van der Waals surface area contributed by atoms with E-state index in [1.54, 1.807) is 16.8 Å². The van der Waals surface area contributed by atoms with Crippen molar-refractivity contribution >= 4 is 5.91 Å². The normalized spacial score (nSPS) is 15.2. The molecule has 1 aliphatic rings. The summed E-state index contributed by atoms with van der Waals surface area (Å²) < 4.78 is 15.1. The molecule has 0 unspecified atom stereocenters. The minimum atomic E-state index is -0.293. The first-order valence-corrected chi connectivity index (χ1v) is 7.82. The topological polar surface area (TPSA) is 46.9 Å². The monoisotopic (exact) mass is 301 g/mol. The van der Waals surface area contributed by atoms with Crippen molar-refractivity contribution in [2.45, 2.75) is 45.2 Å². The first-order valence-electron chi connectivity index (χ1n) is 7.82. The maximum Gasteiger partial charge on any atom is 0.272 e. The quantitative estimate of drug-likeness (QED) is 0.941. The Hall–Kier alpha value is -2.17. The summed E-state index contributed by atoms with van der Waals surface area (Å²) in [6.07, 6.45) is 4.42. The zero-order valence-electron chi connectivity index (χ0n) is 12.7. The van der Waals surface area contributed by atoms with E-state index in [0.717, 1.165) is 24.1 Å². The van der Waals surface area contributed by atoms with Crippen LogP contribution in [-0.2, 0) is 6.54 Å². The first-order chi connectivity index (χ1) is 10.7.